The van der Waals surface area contributed by atoms with Crippen molar-refractivity contribution in [3.05, 3.63) is 0 Å². The molecule has 1 heterocycles. The predicted octanol–water partition coefficient (Wildman–Crippen LogP) is 0.470. The third kappa shape index (κ3) is 3.95. The number of guanidine groups is 1. The molecule has 0 aromatic carbocycles. The summed E-state index contributed by atoms with van der Waals surface area (Å²) in [5.41, 5.74) is 0. The summed E-state index contributed by atoms with van der Waals surface area (Å²) < 4.78 is 5.04. The molecule has 5 heteroatoms. The van der Waals surface area contributed by atoms with Crippen LogP contribution in [0.15, 0.2) is 4.99 Å². The van der Waals surface area contributed by atoms with Crippen LogP contribution in [0.1, 0.15) is 19.8 Å². The van der Waals surface area contributed by atoms with Crippen LogP contribution in [0.2, 0.25) is 0 Å². The van der Waals surface area contributed by atoms with E-state index in [9.17, 15) is 4.79 Å². The highest BCUT2D eigenvalue weighted by molar-refractivity contribution is 5.80. The zero-order chi connectivity index (χ0) is 13.4. The Morgan fingerprint density at radius 2 is 2.22 bits per heavy atom. The van der Waals surface area contributed by atoms with Gasteiger partial charge in [-0.2, -0.15) is 0 Å². The Kier molecular flexibility index (Phi) is 6.06. The molecule has 1 N–H and O–H groups in total. The quantitative estimate of drug-likeness (QED) is 0.343. The van der Waals surface area contributed by atoms with Crippen molar-refractivity contribution in [2.45, 2.75) is 19.8 Å². The first kappa shape index (κ1) is 14.4. The fraction of sp³-hybridized carbons (Fsp3) is 0.692. The molecule has 100 valence electrons. The van der Waals surface area contributed by atoms with Crippen molar-refractivity contribution < 1.29 is 9.53 Å². The zero-order valence-corrected chi connectivity index (χ0v) is 11.1. The molecule has 1 fully saturated rings. The molecule has 0 saturated carbocycles. The molecule has 0 aromatic heterocycles. The van der Waals surface area contributed by atoms with Gasteiger partial charge in [0.2, 0.25) is 0 Å². The van der Waals surface area contributed by atoms with Crippen LogP contribution in [-0.4, -0.2) is 50.1 Å². The number of hydrogen-bond acceptors (Lipinski definition) is 3. The first-order chi connectivity index (χ1) is 8.72. The zero-order valence-electron chi connectivity index (χ0n) is 11.1. The van der Waals surface area contributed by atoms with E-state index in [1.54, 1.807) is 7.05 Å². The van der Waals surface area contributed by atoms with Crippen LogP contribution in [0.25, 0.3) is 0 Å². The summed E-state index contributed by atoms with van der Waals surface area (Å²) in [6, 6.07) is 0. The summed E-state index contributed by atoms with van der Waals surface area (Å²) in [5, 5.41) is 3.08. The number of terminal acetylenes is 1. The molecule has 18 heavy (non-hydrogen) atoms. The fourth-order valence-corrected chi connectivity index (χ4v) is 2.05. The molecule has 0 atom stereocenters. The highest BCUT2D eigenvalue weighted by Gasteiger charge is 2.27. The molecular weight excluding hydrogens is 230 g/mol. The lowest BCUT2D eigenvalue weighted by Crippen LogP contribution is -2.46. The van der Waals surface area contributed by atoms with E-state index in [0.29, 0.717) is 13.2 Å². The summed E-state index contributed by atoms with van der Waals surface area (Å²) in [6.45, 7) is 4.34. The second kappa shape index (κ2) is 7.59. The van der Waals surface area contributed by atoms with Gasteiger partial charge in [0, 0.05) is 20.1 Å². The number of ether oxygens (including phenoxy) is 1. The van der Waals surface area contributed by atoms with Crippen LogP contribution in [0.5, 0.6) is 0 Å². The normalized spacial score (nSPS) is 17.2. The van der Waals surface area contributed by atoms with E-state index in [1.165, 1.54) is 0 Å². The standard InChI is InChI=1S/C13H21N3O2/c1-4-8-15-13(14-3)16-9-6-11(7-10-16)12(17)18-5-2/h1,11H,5-10H2,2-3H3,(H,14,15). The van der Waals surface area contributed by atoms with E-state index >= 15 is 0 Å². The maximum Gasteiger partial charge on any atom is 0.309 e. The molecule has 0 unspecified atom stereocenters. The number of hydrogen-bond donors (Lipinski definition) is 1. The molecule has 1 aliphatic rings. The average molecular weight is 251 g/mol. The van der Waals surface area contributed by atoms with Gasteiger partial charge in [-0.3, -0.25) is 9.79 Å². The van der Waals surface area contributed by atoms with E-state index in [2.05, 4.69) is 21.1 Å². The van der Waals surface area contributed by atoms with Crippen molar-refractivity contribution in [3.8, 4) is 12.3 Å². The van der Waals surface area contributed by atoms with Crippen LogP contribution in [0.3, 0.4) is 0 Å². The summed E-state index contributed by atoms with van der Waals surface area (Å²) in [5.74, 6) is 3.26. The number of carbonyl (C=O) groups is 1. The third-order valence-electron chi connectivity index (χ3n) is 2.97. The molecule has 5 nitrogen and oxygen atoms in total. The van der Waals surface area contributed by atoms with Gasteiger partial charge in [0.15, 0.2) is 5.96 Å². The summed E-state index contributed by atoms with van der Waals surface area (Å²) >= 11 is 0. The van der Waals surface area contributed by atoms with Crippen LogP contribution < -0.4 is 5.32 Å². The fourth-order valence-electron chi connectivity index (χ4n) is 2.05. The number of rotatable bonds is 3. The molecule has 1 saturated heterocycles. The van der Waals surface area contributed by atoms with Gasteiger partial charge in [-0.05, 0) is 19.8 Å². The van der Waals surface area contributed by atoms with Crippen LogP contribution in [0, 0.1) is 18.3 Å². The number of carbonyl (C=O) groups excluding carboxylic acids is 1. The molecule has 0 radical (unpaired) electrons. The number of esters is 1. The number of nitrogens with one attached hydrogen (secondary N) is 1. The lowest BCUT2D eigenvalue weighted by molar-refractivity contribution is -0.149. The average Bonchev–Trinajstić information content (AvgIpc) is 2.40. The number of likely N-dealkylation sites (tertiary alicyclic amines) is 1. The molecule has 0 amide bonds. The van der Waals surface area contributed by atoms with Gasteiger partial charge in [-0.1, -0.05) is 5.92 Å². The van der Waals surface area contributed by atoms with E-state index in [1.807, 2.05) is 6.92 Å². The molecule has 1 aliphatic heterocycles. The molecule has 0 aliphatic carbocycles. The minimum atomic E-state index is -0.0799. The van der Waals surface area contributed by atoms with Crippen molar-refractivity contribution in [3.63, 3.8) is 0 Å². The Bertz CT molecular complexity index is 339. The lowest BCUT2D eigenvalue weighted by Gasteiger charge is -2.33. The maximum absolute atomic E-state index is 11.6. The molecular formula is C13H21N3O2. The number of piperidine rings is 1. The minimum absolute atomic E-state index is 0.0203. The van der Waals surface area contributed by atoms with Gasteiger partial charge in [0.1, 0.15) is 0 Å². The van der Waals surface area contributed by atoms with E-state index in [4.69, 9.17) is 11.2 Å². The summed E-state index contributed by atoms with van der Waals surface area (Å²) in [7, 11) is 1.73. The third-order valence-corrected chi connectivity index (χ3v) is 2.97. The highest BCUT2D eigenvalue weighted by Crippen LogP contribution is 2.18. The minimum Gasteiger partial charge on any atom is -0.466 e. The van der Waals surface area contributed by atoms with E-state index in [0.717, 1.165) is 31.9 Å². The molecule has 0 bridgehead atoms. The lowest BCUT2D eigenvalue weighted by atomic mass is 9.97. The Balaban J connectivity index is 2.43. The SMILES string of the molecule is C#CCNC(=NC)N1CCC(C(=O)OCC)CC1. The molecule has 0 aromatic rings. The van der Waals surface area contributed by atoms with Gasteiger partial charge < -0.3 is 15.0 Å². The van der Waals surface area contributed by atoms with Gasteiger partial charge in [0.25, 0.3) is 0 Å². The molecule has 0 spiro atoms. The predicted molar refractivity (Wildman–Crippen MR) is 71.1 cm³/mol. The number of aliphatic imine (C=N–C) groups is 1. The van der Waals surface area contributed by atoms with Crippen molar-refractivity contribution in [1.29, 1.82) is 0 Å². The summed E-state index contributed by atoms with van der Waals surface area (Å²) in [6.07, 6.45) is 6.81. The van der Waals surface area contributed by atoms with Crippen molar-refractivity contribution in [1.82, 2.24) is 10.2 Å². The van der Waals surface area contributed by atoms with Crippen LogP contribution in [0.4, 0.5) is 0 Å². The smallest absolute Gasteiger partial charge is 0.309 e. The Hall–Kier alpha value is -1.70. The second-order valence-electron chi connectivity index (χ2n) is 4.12. The first-order valence-electron chi connectivity index (χ1n) is 6.28. The van der Waals surface area contributed by atoms with Crippen LogP contribution >= 0.6 is 0 Å². The number of nitrogens with zero attached hydrogens (tertiary/aromatic N) is 2. The van der Waals surface area contributed by atoms with E-state index in [-0.39, 0.29) is 11.9 Å². The first-order valence-corrected chi connectivity index (χ1v) is 6.28. The molecule has 1 rings (SSSR count). The van der Waals surface area contributed by atoms with E-state index < -0.39 is 0 Å². The van der Waals surface area contributed by atoms with Gasteiger partial charge in [0.05, 0.1) is 19.1 Å². The van der Waals surface area contributed by atoms with Crippen LogP contribution in [-0.2, 0) is 9.53 Å². The monoisotopic (exact) mass is 251 g/mol. The van der Waals surface area contributed by atoms with Gasteiger partial charge >= 0.3 is 5.97 Å². The Labute approximate surface area is 109 Å². The van der Waals surface area contributed by atoms with Gasteiger partial charge in [-0.15, -0.1) is 6.42 Å². The Morgan fingerprint density at radius 1 is 1.56 bits per heavy atom. The van der Waals surface area contributed by atoms with Crippen molar-refractivity contribution >= 4 is 11.9 Å². The van der Waals surface area contributed by atoms with Crippen molar-refractivity contribution in [2.75, 3.05) is 33.3 Å². The second-order valence-corrected chi connectivity index (χ2v) is 4.12. The van der Waals surface area contributed by atoms with Gasteiger partial charge in [-0.25, -0.2) is 0 Å². The maximum atomic E-state index is 11.6. The van der Waals surface area contributed by atoms with Crippen molar-refractivity contribution in [2.24, 2.45) is 10.9 Å². The largest absolute Gasteiger partial charge is 0.466 e. The topological polar surface area (TPSA) is 53.9 Å². The highest BCUT2D eigenvalue weighted by atomic mass is 16.5. The Morgan fingerprint density at radius 3 is 2.72 bits per heavy atom. The summed E-state index contributed by atoms with van der Waals surface area (Å²) in [4.78, 5) is 17.9.